The standard InChI is InChI=1S/C10H18N2O2.ClH/c1-6-5-7(12-8(6)11)9(13)14-10(2,3)4;/h6-7H,5H2,1-4H3,(H2,11,12);1H/t6-,7+;/m1./s1. The fraction of sp³-hybridized carbons (Fsp3) is 0.800. The van der Waals surface area contributed by atoms with Gasteiger partial charge in [0.15, 0.2) is 0 Å². The number of rotatable bonds is 1. The van der Waals surface area contributed by atoms with Crippen LogP contribution in [0.25, 0.3) is 0 Å². The minimum atomic E-state index is -0.451. The first kappa shape index (κ1) is 14.2. The van der Waals surface area contributed by atoms with Gasteiger partial charge in [-0.05, 0) is 27.2 Å². The van der Waals surface area contributed by atoms with Crippen LogP contribution in [0.1, 0.15) is 34.1 Å². The predicted octanol–water partition coefficient (Wildman–Crippen LogP) is 1.52. The van der Waals surface area contributed by atoms with E-state index >= 15 is 0 Å². The Morgan fingerprint density at radius 2 is 2.07 bits per heavy atom. The summed E-state index contributed by atoms with van der Waals surface area (Å²) in [5.41, 5.74) is 5.16. The molecule has 0 aromatic heterocycles. The molecule has 0 aromatic carbocycles. The van der Waals surface area contributed by atoms with Crippen molar-refractivity contribution < 1.29 is 9.53 Å². The summed E-state index contributed by atoms with van der Waals surface area (Å²) in [6, 6.07) is -0.399. The van der Waals surface area contributed by atoms with E-state index in [-0.39, 0.29) is 24.3 Å². The van der Waals surface area contributed by atoms with E-state index in [1.54, 1.807) is 0 Å². The van der Waals surface area contributed by atoms with Crippen molar-refractivity contribution in [2.45, 2.75) is 45.8 Å². The summed E-state index contributed by atoms with van der Waals surface area (Å²) >= 11 is 0. The third kappa shape index (κ3) is 4.08. The summed E-state index contributed by atoms with van der Waals surface area (Å²) in [4.78, 5) is 15.6. The van der Waals surface area contributed by atoms with E-state index in [0.717, 1.165) is 0 Å². The Balaban J connectivity index is 0.00000196. The average Bonchev–Trinajstić information content (AvgIpc) is 2.28. The van der Waals surface area contributed by atoms with Crippen molar-refractivity contribution in [3.05, 3.63) is 0 Å². The molecule has 0 unspecified atom stereocenters. The van der Waals surface area contributed by atoms with Crippen LogP contribution in [0.5, 0.6) is 0 Å². The number of esters is 1. The largest absolute Gasteiger partial charge is 0.458 e. The molecule has 0 bridgehead atoms. The van der Waals surface area contributed by atoms with Crippen molar-refractivity contribution in [2.24, 2.45) is 16.6 Å². The van der Waals surface area contributed by atoms with Crippen molar-refractivity contribution in [2.75, 3.05) is 0 Å². The van der Waals surface area contributed by atoms with Gasteiger partial charge in [0.05, 0.1) is 5.84 Å². The van der Waals surface area contributed by atoms with Crippen LogP contribution in [-0.2, 0) is 9.53 Å². The number of hydrogen-bond donors (Lipinski definition) is 1. The first-order valence-electron chi connectivity index (χ1n) is 4.85. The molecule has 0 aliphatic carbocycles. The molecule has 88 valence electrons. The molecule has 1 rings (SSSR count). The Morgan fingerprint density at radius 1 is 1.53 bits per heavy atom. The van der Waals surface area contributed by atoms with Gasteiger partial charge in [-0.3, -0.25) is 4.99 Å². The molecule has 0 saturated carbocycles. The first-order chi connectivity index (χ1) is 6.29. The number of aliphatic imine (C=N–C) groups is 1. The Labute approximate surface area is 96.7 Å². The van der Waals surface area contributed by atoms with Crippen LogP contribution in [0.15, 0.2) is 4.99 Å². The predicted molar refractivity (Wildman–Crippen MR) is 62.3 cm³/mol. The third-order valence-corrected chi connectivity index (χ3v) is 2.07. The zero-order chi connectivity index (χ0) is 10.9. The van der Waals surface area contributed by atoms with Crippen molar-refractivity contribution in [3.63, 3.8) is 0 Å². The van der Waals surface area contributed by atoms with Gasteiger partial charge in [0.1, 0.15) is 11.6 Å². The normalized spacial score (nSPS) is 25.5. The summed E-state index contributed by atoms with van der Waals surface area (Å²) in [7, 11) is 0. The first-order valence-corrected chi connectivity index (χ1v) is 4.85. The van der Waals surface area contributed by atoms with E-state index in [1.807, 2.05) is 27.7 Å². The van der Waals surface area contributed by atoms with Gasteiger partial charge >= 0.3 is 5.97 Å². The molecule has 4 nitrogen and oxygen atoms in total. The fourth-order valence-electron chi connectivity index (χ4n) is 1.33. The van der Waals surface area contributed by atoms with Gasteiger partial charge in [0, 0.05) is 5.92 Å². The SMILES string of the molecule is C[C@@H]1C[C@@H](C(=O)OC(C)(C)C)N=C1N.Cl. The Hall–Kier alpha value is -0.770. The van der Waals surface area contributed by atoms with Crippen LogP contribution in [-0.4, -0.2) is 23.4 Å². The van der Waals surface area contributed by atoms with Crippen molar-refractivity contribution in [1.82, 2.24) is 0 Å². The molecule has 1 aliphatic heterocycles. The average molecular weight is 235 g/mol. The Kier molecular flexibility index (Phi) is 4.59. The zero-order valence-electron chi connectivity index (χ0n) is 9.61. The number of halogens is 1. The van der Waals surface area contributed by atoms with Gasteiger partial charge in [-0.2, -0.15) is 0 Å². The second-order valence-electron chi connectivity index (χ2n) is 4.74. The Morgan fingerprint density at radius 3 is 2.40 bits per heavy atom. The maximum absolute atomic E-state index is 11.6. The van der Waals surface area contributed by atoms with Gasteiger partial charge in [-0.1, -0.05) is 6.92 Å². The number of hydrogen-bond acceptors (Lipinski definition) is 4. The van der Waals surface area contributed by atoms with Crippen LogP contribution in [0.2, 0.25) is 0 Å². The van der Waals surface area contributed by atoms with Gasteiger partial charge in [-0.15, -0.1) is 12.4 Å². The summed E-state index contributed by atoms with van der Waals surface area (Å²) in [6.07, 6.45) is 0.667. The molecule has 15 heavy (non-hydrogen) atoms. The van der Waals surface area contributed by atoms with E-state index in [4.69, 9.17) is 10.5 Å². The van der Waals surface area contributed by atoms with E-state index in [9.17, 15) is 4.79 Å². The minimum absolute atomic E-state index is 0. The van der Waals surface area contributed by atoms with Crippen molar-refractivity contribution in [1.29, 1.82) is 0 Å². The summed E-state index contributed by atoms with van der Waals surface area (Å²) in [6.45, 7) is 7.49. The summed E-state index contributed by atoms with van der Waals surface area (Å²) < 4.78 is 5.22. The van der Waals surface area contributed by atoms with Gasteiger partial charge in [0.25, 0.3) is 0 Å². The topological polar surface area (TPSA) is 64.7 Å². The van der Waals surface area contributed by atoms with E-state index < -0.39 is 11.6 Å². The van der Waals surface area contributed by atoms with E-state index in [0.29, 0.717) is 12.3 Å². The lowest BCUT2D eigenvalue weighted by Crippen LogP contribution is -2.30. The van der Waals surface area contributed by atoms with Crippen LogP contribution >= 0.6 is 12.4 Å². The molecule has 2 atom stereocenters. The highest BCUT2D eigenvalue weighted by Crippen LogP contribution is 2.20. The highest BCUT2D eigenvalue weighted by molar-refractivity contribution is 5.90. The highest BCUT2D eigenvalue weighted by Gasteiger charge is 2.31. The number of ether oxygens (including phenoxy) is 1. The monoisotopic (exact) mass is 234 g/mol. The maximum atomic E-state index is 11.6. The van der Waals surface area contributed by atoms with Crippen LogP contribution in [0, 0.1) is 5.92 Å². The van der Waals surface area contributed by atoms with Crippen molar-refractivity contribution >= 4 is 24.2 Å². The molecule has 2 N–H and O–H groups in total. The second kappa shape index (κ2) is 4.84. The Bertz CT molecular complexity index is 271. The second-order valence-corrected chi connectivity index (χ2v) is 4.74. The summed E-state index contributed by atoms with van der Waals surface area (Å²) in [5, 5.41) is 0. The van der Waals surface area contributed by atoms with Crippen molar-refractivity contribution in [3.8, 4) is 0 Å². The molecular formula is C10H19ClN2O2. The smallest absolute Gasteiger partial charge is 0.331 e. The maximum Gasteiger partial charge on any atom is 0.331 e. The van der Waals surface area contributed by atoms with Crippen LogP contribution < -0.4 is 5.73 Å². The number of nitrogens with zero attached hydrogens (tertiary/aromatic N) is 1. The number of nitrogens with two attached hydrogens (primary N) is 1. The van der Waals surface area contributed by atoms with E-state index in [2.05, 4.69) is 4.99 Å². The van der Waals surface area contributed by atoms with Crippen LogP contribution in [0.3, 0.4) is 0 Å². The molecule has 0 fully saturated rings. The van der Waals surface area contributed by atoms with Crippen LogP contribution in [0.4, 0.5) is 0 Å². The minimum Gasteiger partial charge on any atom is -0.458 e. The van der Waals surface area contributed by atoms with Gasteiger partial charge in [-0.25, -0.2) is 4.79 Å². The lowest BCUT2D eigenvalue weighted by atomic mass is 10.1. The number of carbonyl (C=O) groups is 1. The van der Waals surface area contributed by atoms with E-state index in [1.165, 1.54) is 0 Å². The van der Waals surface area contributed by atoms with Gasteiger partial charge < -0.3 is 10.5 Å². The molecule has 1 heterocycles. The number of amidine groups is 1. The number of carbonyl (C=O) groups excluding carboxylic acids is 1. The zero-order valence-corrected chi connectivity index (χ0v) is 10.4. The molecule has 1 aliphatic rings. The van der Waals surface area contributed by atoms with Gasteiger partial charge in [0.2, 0.25) is 0 Å². The molecule has 5 heteroatoms. The fourth-order valence-corrected chi connectivity index (χ4v) is 1.33. The molecule has 0 aromatic rings. The molecule has 0 saturated heterocycles. The molecule has 0 radical (unpaired) electrons. The summed E-state index contributed by atoms with van der Waals surface area (Å²) in [5.74, 6) is 0.471. The molecule has 0 amide bonds. The third-order valence-electron chi connectivity index (χ3n) is 2.07. The quantitative estimate of drug-likeness (QED) is 0.700. The molecule has 0 spiro atoms. The highest BCUT2D eigenvalue weighted by atomic mass is 35.5. The molecular weight excluding hydrogens is 216 g/mol. The lowest BCUT2D eigenvalue weighted by molar-refractivity contribution is -0.156. The lowest BCUT2D eigenvalue weighted by Gasteiger charge is -2.21.